The maximum atomic E-state index is 16.1. The van der Waals surface area contributed by atoms with Crippen LogP contribution in [0.3, 0.4) is 0 Å². The van der Waals surface area contributed by atoms with Crippen LogP contribution in [0, 0.1) is 5.82 Å². The summed E-state index contributed by atoms with van der Waals surface area (Å²) in [7, 11) is 0. The third-order valence-electron chi connectivity index (χ3n) is 8.41. The van der Waals surface area contributed by atoms with Gasteiger partial charge in [-0.05, 0) is 70.0 Å². The van der Waals surface area contributed by atoms with Crippen molar-refractivity contribution in [2.45, 2.75) is 51.0 Å². The number of halogens is 5. The van der Waals surface area contributed by atoms with Gasteiger partial charge in [0.1, 0.15) is 34.2 Å². The van der Waals surface area contributed by atoms with Crippen LogP contribution in [0.2, 0.25) is 0 Å². The van der Waals surface area contributed by atoms with E-state index in [1.807, 2.05) is 0 Å². The molecule has 0 saturated carbocycles. The molecule has 1 amide bonds. The fraction of sp³-hybridized carbons (Fsp3) is 0.361. The number of aromatic nitrogens is 4. The van der Waals surface area contributed by atoms with Gasteiger partial charge in [0.15, 0.2) is 5.83 Å². The molecule has 2 aromatic carbocycles. The third-order valence-corrected chi connectivity index (χ3v) is 8.41. The van der Waals surface area contributed by atoms with Gasteiger partial charge in [0, 0.05) is 43.4 Å². The highest BCUT2D eigenvalue weighted by Crippen LogP contribution is 2.48. The highest BCUT2D eigenvalue weighted by molar-refractivity contribution is 5.84. The molecule has 0 radical (unpaired) electrons. The molecule has 6 rings (SSSR count). The second-order valence-corrected chi connectivity index (χ2v) is 13.3. The van der Waals surface area contributed by atoms with Crippen molar-refractivity contribution in [3.63, 3.8) is 0 Å². The SMILES string of the molecule is CC(C)(C)OC(=O)N1CCC2(CC1)CN(c1c(/C=C(\F)c3cncc(-c4ccnnc4)n3)ccc(Oc3cccc(F)c3)c1C(F)(F)F)CCO2. The fourth-order valence-corrected chi connectivity index (χ4v) is 6.10. The summed E-state index contributed by atoms with van der Waals surface area (Å²) in [6.07, 6.45) is 1.59. The summed E-state index contributed by atoms with van der Waals surface area (Å²) >= 11 is 0. The molecule has 268 valence electrons. The molecule has 0 N–H and O–H groups in total. The van der Waals surface area contributed by atoms with E-state index in [4.69, 9.17) is 14.2 Å². The first kappa shape index (κ1) is 35.6. The van der Waals surface area contributed by atoms with E-state index in [0.29, 0.717) is 18.4 Å². The molecule has 0 unspecified atom stereocenters. The molecule has 0 atom stereocenters. The summed E-state index contributed by atoms with van der Waals surface area (Å²) in [5.74, 6) is -2.37. The number of rotatable bonds is 6. The Kier molecular flexibility index (Phi) is 9.93. The first-order chi connectivity index (χ1) is 24.2. The summed E-state index contributed by atoms with van der Waals surface area (Å²) in [6.45, 7) is 5.93. The van der Waals surface area contributed by atoms with E-state index >= 15 is 17.6 Å². The van der Waals surface area contributed by atoms with Crippen LogP contribution >= 0.6 is 0 Å². The van der Waals surface area contributed by atoms with Crippen molar-refractivity contribution < 1.29 is 41.0 Å². The predicted molar refractivity (Wildman–Crippen MR) is 178 cm³/mol. The van der Waals surface area contributed by atoms with E-state index in [0.717, 1.165) is 30.5 Å². The molecule has 2 aliphatic rings. The number of hydrogen-bond donors (Lipinski definition) is 0. The van der Waals surface area contributed by atoms with Crippen LogP contribution in [-0.4, -0.2) is 75.1 Å². The molecule has 2 saturated heterocycles. The molecule has 2 fully saturated rings. The highest BCUT2D eigenvalue weighted by atomic mass is 19.4. The first-order valence-electron chi connectivity index (χ1n) is 16.2. The number of piperidine rings is 1. The van der Waals surface area contributed by atoms with Crippen LogP contribution in [0.25, 0.3) is 23.2 Å². The molecule has 2 aromatic heterocycles. The van der Waals surface area contributed by atoms with Crippen LogP contribution in [0.4, 0.5) is 32.4 Å². The number of hydrogen-bond acceptors (Lipinski definition) is 9. The predicted octanol–water partition coefficient (Wildman–Crippen LogP) is 7.96. The molecule has 51 heavy (non-hydrogen) atoms. The van der Waals surface area contributed by atoms with Crippen molar-refractivity contribution in [3.8, 4) is 22.8 Å². The summed E-state index contributed by atoms with van der Waals surface area (Å²) in [5, 5.41) is 7.52. The fourth-order valence-electron chi connectivity index (χ4n) is 6.10. The van der Waals surface area contributed by atoms with E-state index in [9.17, 15) is 9.18 Å². The van der Waals surface area contributed by atoms with Gasteiger partial charge in [0.05, 0.1) is 48.4 Å². The Bertz CT molecular complexity index is 1910. The number of amides is 1. The molecule has 15 heteroatoms. The maximum absolute atomic E-state index is 16.1. The smallest absolute Gasteiger partial charge is 0.422 e. The van der Waals surface area contributed by atoms with Crippen LogP contribution in [0.5, 0.6) is 11.5 Å². The number of carbonyl (C=O) groups is 1. The summed E-state index contributed by atoms with van der Waals surface area (Å²) in [5.41, 5.74) is -2.62. The number of nitrogens with zero attached hydrogens (tertiary/aromatic N) is 6. The normalized spacial score (nSPS) is 16.7. The van der Waals surface area contributed by atoms with Crippen molar-refractivity contribution in [1.82, 2.24) is 25.1 Å². The van der Waals surface area contributed by atoms with E-state index < -0.39 is 46.4 Å². The van der Waals surface area contributed by atoms with Crippen LogP contribution in [0.15, 0.2) is 67.3 Å². The van der Waals surface area contributed by atoms with Gasteiger partial charge < -0.3 is 24.0 Å². The zero-order chi connectivity index (χ0) is 36.4. The van der Waals surface area contributed by atoms with Crippen molar-refractivity contribution in [2.75, 3.05) is 37.7 Å². The van der Waals surface area contributed by atoms with Gasteiger partial charge in [-0.15, -0.1) is 0 Å². The van der Waals surface area contributed by atoms with Gasteiger partial charge in [-0.1, -0.05) is 6.07 Å². The van der Waals surface area contributed by atoms with Gasteiger partial charge in [-0.25, -0.2) is 18.6 Å². The molecule has 1 spiro atoms. The molecule has 4 aromatic rings. The topological polar surface area (TPSA) is 103 Å². The number of benzene rings is 2. The Morgan fingerprint density at radius 2 is 1.78 bits per heavy atom. The number of ether oxygens (including phenoxy) is 3. The van der Waals surface area contributed by atoms with E-state index in [1.165, 1.54) is 41.7 Å². The molecule has 10 nitrogen and oxygen atoms in total. The lowest BCUT2D eigenvalue weighted by molar-refractivity contribution is -0.138. The Labute approximate surface area is 290 Å². The first-order valence-corrected chi connectivity index (χ1v) is 16.2. The number of morpholine rings is 1. The lowest BCUT2D eigenvalue weighted by Gasteiger charge is -2.48. The van der Waals surface area contributed by atoms with Crippen LogP contribution in [-0.2, 0) is 15.7 Å². The van der Waals surface area contributed by atoms with Crippen LogP contribution in [0.1, 0.15) is 50.4 Å². The molecular weight excluding hydrogens is 675 g/mol. The second-order valence-electron chi connectivity index (χ2n) is 13.3. The summed E-state index contributed by atoms with van der Waals surface area (Å²) < 4.78 is 93.1. The quantitative estimate of drug-likeness (QED) is 0.185. The zero-order valence-corrected chi connectivity index (χ0v) is 28.1. The van der Waals surface area contributed by atoms with Crippen molar-refractivity contribution in [1.29, 1.82) is 0 Å². The summed E-state index contributed by atoms with van der Waals surface area (Å²) in [4.78, 5) is 24.2. The number of anilines is 1. The average Bonchev–Trinajstić information content (AvgIpc) is 3.08. The van der Waals surface area contributed by atoms with Gasteiger partial charge in [-0.2, -0.15) is 23.4 Å². The van der Waals surface area contributed by atoms with E-state index in [-0.39, 0.29) is 61.2 Å². The Balaban J connectivity index is 1.40. The largest absolute Gasteiger partial charge is 0.457 e. The van der Waals surface area contributed by atoms with Crippen molar-refractivity contribution in [2.24, 2.45) is 0 Å². The standard InChI is InChI=1S/C36H35F5N6O4/c1-34(2,3)51-33(48)46-13-10-35(11-14-46)22-47(15-16-49-35)32-23(17-27(38)29-21-42-20-28(45-29)24-9-12-43-44-19-24)7-8-30(31(32)36(39,40)41)50-26-6-4-5-25(37)18-26/h4-9,12,17-21H,10-11,13-16,22H2,1-3H3/b27-17-. The average molecular weight is 711 g/mol. The Morgan fingerprint density at radius 1 is 1.00 bits per heavy atom. The molecule has 0 bridgehead atoms. The molecular formula is C36H35F5N6O4. The maximum Gasteiger partial charge on any atom is 0.422 e. The third kappa shape index (κ3) is 8.42. The monoisotopic (exact) mass is 710 g/mol. The van der Waals surface area contributed by atoms with Crippen molar-refractivity contribution in [3.05, 3.63) is 89.9 Å². The Hall–Kier alpha value is -5.18. The Morgan fingerprint density at radius 3 is 2.47 bits per heavy atom. The molecule has 0 aliphatic carbocycles. The minimum atomic E-state index is -4.99. The zero-order valence-electron chi connectivity index (χ0n) is 28.1. The minimum Gasteiger partial charge on any atom is -0.457 e. The second kappa shape index (κ2) is 14.2. The lowest BCUT2D eigenvalue weighted by Crippen LogP contribution is -2.58. The molecule has 2 aliphatic heterocycles. The minimum absolute atomic E-state index is 0.00838. The highest BCUT2D eigenvalue weighted by Gasteiger charge is 2.45. The van der Waals surface area contributed by atoms with E-state index in [1.54, 1.807) is 31.7 Å². The lowest BCUT2D eigenvalue weighted by atomic mass is 9.88. The summed E-state index contributed by atoms with van der Waals surface area (Å²) in [6, 6.07) is 8.77. The van der Waals surface area contributed by atoms with Gasteiger partial charge >= 0.3 is 12.3 Å². The van der Waals surface area contributed by atoms with Gasteiger partial charge in [0.2, 0.25) is 0 Å². The van der Waals surface area contributed by atoms with E-state index in [2.05, 4.69) is 20.2 Å². The molecule has 4 heterocycles. The number of alkyl halides is 3. The van der Waals surface area contributed by atoms with Crippen molar-refractivity contribution >= 4 is 23.7 Å². The van der Waals surface area contributed by atoms with Gasteiger partial charge in [0.25, 0.3) is 0 Å². The number of likely N-dealkylation sites (tertiary alicyclic amines) is 1. The van der Waals surface area contributed by atoms with Crippen LogP contribution < -0.4 is 9.64 Å². The van der Waals surface area contributed by atoms with Gasteiger partial charge in [-0.3, -0.25) is 4.98 Å². The number of carbonyl (C=O) groups excluding carboxylic acids is 1.